The minimum Gasteiger partial charge on any atom is -0.469 e. The predicted octanol–water partition coefficient (Wildman–Crippen LogP) is -0.711. The summed E-state index contributed by atoms with van der Waals surface area (Å²) in [7, 11) is 2.27. The van der Waals surface area contributed by atoms with Crippen LogP contribution in [0.15, 0.2) is 0 Å². The molecular weight excluding hydrogens is 216 g/mol. The van der Waals surface area contributed by atoms with Crippen molar-refractivity contribution < 1.29 is 29.0 Å². The Morgan fingerprint density at radius 2 is 1.81 bits per heavy atom. The van der Waals surface area contributed by atoms with Gasteiger partial charge in [0.1, 0.15) is 17.6 Å². The first-order chi connectivity index (χ1) is 7.52. The number of aliphatic hydroxyl groups excluding tert-OH is 1. The van der Waals surface area contributed by atoms with Gasteiger partial charge in [-0.25, -0.2) is 0 Å². The van der Waals surface area contributed by atoms with Crippen molar-refractivity contribution in [3.8, 4) is 0 Å². The molecule has 0 heterocycles. The van der Waals surface area contributed by atoms with Gasteiger partial charge < -0.3 is 14.6 Å². The van der Waals surface area contributed by atoms with Crippen molar-refractivity contribution in [3.05, 3.63) is 0 Å². The van der Waals surface area contributed by atoms with E-state index in [4.69, 9.17) is 0 Å². The Kier molecular flexibility index (Phi) is 4.00. The minimum absolute atomic E-state index is 0.0639. The summed E-state index contributed by atoms with van der Waals surface area (Å²) in [6.07, 6.45) is -0.824. The van der Waals surface area contributed by atoms with Gasteiger partial charge in [-0.1, -0.05) is 0 Å². The fourth-order valence-electron chi connectivity index (χ4n) is 1.88. The second-order valence-electron chi connectivity index (χ2n) is 3.62. The smallest absolute Gasteiger partial charge is 0.317 e. The molecule has 0 aromatic heterocycles. The number of hydrogen-bond acceptors (Lipinski definition) is 6. The molecule has 1 aliphatic carbocycles. The van der Waals surface area contributed by atoms with Crippen molar-refractivity contribution in [2.75, 3.05) is 14.2 Å². The molecule has 1 N–H and O–H groups in total. The lowest BCUT2D eigenvalue weighted by Gasteiger charge is -2.30. The maximum Gasteiger partial charge on any atom is 0.317 e. The molecule has 3 unspecified atom stereocenters. The van der Waals surface area contributed by atoms with Crippen LogP contribution in [-0.2, 0) is 23.9 Å². The third-order valence-corrected chi connectivity index (χ3v) is 2.74. The molecule has 0 bridgehead atoms. The third-order valence-electron chi connectivity index (χ3n) is 2.74. The first-order valence-corrected chi connectivity index (χ1v) is 4.89. The SMILES string of the molecule is COC(=O)C1C(=O)CCC(O)C1C(=O)OC. The number of aliphatic hydroxyl groups is 1. The topological polar surface area (TPSA) is 89.9 Å². The Morgan fingerprint density at radius 3 is 2.31 bits per heavy atom. The second kappa shape index (κ2) is 5.07. The first-order valence-electron chi connectivity index (χ1n) is 4.89. The van der Waals surface area contributed by atoms with Crippen LogP contribution in [0.2, 0.25) is 0 Å². The van der Waals surface area contributed by atoms with Crippen molar-refractivity contribution in [2.24, 2.45) is 11.8 Å². The number of ketones is 1. The summed E-state index contributed by atoms with van der Waals surface area (Å²) in [5, 5.41) is 9.64. The molecule has 0 aliphatic heterocycles. The van der Waals surface area contributed by atoms with E-state index >= 15 is 0 Å². The van der Waals surface area contributed by atoms with Crippen LogP contribution in [-0.4, -0.2) is 43.2 Å². The Bertz CT molecular complexity index is 302. The molecule has 0 amide bonds. The molecule has 3 atom stereocenters. The molecule has 1 rings (SSSR count). The molecule has 1 aliphatic rings. The summed E-state index contributed by atoms with van der Waals surface area (Å²) >= 11 is 0. The summed E-state index contributed by atoms with van der Waals surface area (Å²) in [6, 6.07) is 0. The lowest BCUT2D eigenvalue weighted by molar-refractivity contribution is -0.169. The molecule has 1 saturated carbocycles. The van der Waals surface area contributed by atoms with Crippen molar-refractivity contribution in [3.63, 3.8) is 0 Å². The van der Waals surface area contributed by atoms with Gasteiger partial charge in [0.05, 0.1) is 20.3 Å². The van der Waals surface area contributed by atoms with Crippen molar-refractivity contribution in [2.45, 2.75) is 18.9 Å². The zero-order valence-corrected chi connectivity index (χ0v) is 9.13. The van der Waals surface area contributed by atoms with Gasteiger partial charge in [0.2, 0.25) is 0 Å². The number of rotatable bonds is 2. The Hall–Kier alpha value is -1.43. The molecule has 6 heteroatoms. The van der Waals surface area contributed by atoms with Crippen LogP contribution in [0.5, 0.6) is 0 Å². The zero-order valence-electron chi connectivity index (χ0n) is 9.13. The molecule has 0 spiro atoms. The summed E-state index contributed by atoms with van der Waals surface area (Å²) in [5.41, 5.74) is 0. The minimum atomic E-state index is -1.25. The van der Waals surface area contributed by atoms with E-state index < -0.39 is 35.7 Å². The monoisotopic (exact) mass is 230 g/mol. The Labute approximate surface area is 92.5 Å². The highest BCUT2D eigenvalue weighted by Crippen LogP contribution is 2.29. The van der Waals surface area contributed by atoms with E-state index in [1.54, 1.807) is 0 Å². The van der Waals surface area contributed by atoms with E-state index in [0.717, 1.165) is 14.2 Å². The highest BCUT2D eigenvalue weighted by atomic mass is 16.5. The number of carbonyl (C=O) groups is 3. The molecule has 0 saturated heterocycles. The van der Waals surface area contributed by atoms with Gasteiger partial charge in [-0.05, 0) is 6.42 Å². The molecule has 0 aromatic carbocycles. The van der Waals surface area contributed by atoms with Crippen LogP contribution in [0.1, 0.15) is 12.8 Å². The lowest BCUT2D eigenvalue weighted by Crippen LogP contribution is -2.47. The molecule has 1 fully saturated rings. The van der Waals surface area contributed by atoms with E-state index in [1.165, 1.54) is 0 Å². The average molecular weight is 230 g/mol. The van der Waals surface area contributed by atoms with Crippen LogP contribution >= 0.6 is 0 Å². The summed E-state index contributed by atoms with van der Waals surface area (Å²) in [4.78, 5) is 34.4. The van der Waals surface area contributed by atoms with Gasteiger partial charge in [0.25, 0.3) is 0 Å². The number of carbonyl (C=O) groups excluding carboxylic acids is 3. The highest BCUT2D eigenvalue weighted by Gasteiger charge is 2.47. The van der Waals surface area contributed by atoms with E-state index in [2.05, 4.69) is 9.47 Å². The van der Waals surface area contributed by atoms with Gasteiger partial charge in [0, 0.05) is 6.42 Å². The van der Waals surface area contributed by atoms with Crippen molar-refractivity contribution in [1.29, 1.82) is 0 Å². The summed E-state index contributed by atoms with van der Waals surface area (Å²) in [5.74, 6) is -4.37. The quantitative estimate of drug-likeness (QED) is 0.497. The van der Waals surface area contributed by atoms with Gasteiger partial charge in [-0.3, -0.25) is 14.4 Å². The number of ether oxygens (including phenoxy) is 2. The van der Waals surface area contributed by atoms with Crippen LogP contribution in [0, 0.1) is 11.8 Å². The van der Waals surface area contributed by atoms with Gasteiger partial charge in [-0.15, -0.1) is 0 Å². The van der Waals surface area contributed by atoms with E-state index in [9.17, 15) is 19.5 Å². The predicted molar refractivity (Wildman–Crippen MR) is 51.3 cm³/mol. The van der Waals surface area contributed by atoms with Crippen molar-refractivity contribution >= 4 is 17.7 Å². The van der Waals surface area contributed by atoms with Crippen molar-refractivity contribution in [1.82, 2.24) is 0 Å². The fraction of sp³-hybridized carbons (Fsp3) is 0.700. The van der Waals surface area contributed by atoms with E-state index in [-0.39, 0.29) is 12.8 Å². The first kappa shape index (κ1) is 12.6. The summed E-state index contributed by atoms with van der Waals surface area (Å²) in [6.45, 7) is 0. The van der Waals surface area contributed by atoms with Crippen LogP contribution in [0.4, 0.5) is 0 Å². The third kappa shape index (κ3) is 2.21. The molecule has 16 heavy (non-hydrogen) atoms. The molecule has 0 aromatic rings. The standard InChI is InChI=1S/C10H14O6/c1-15-9(13)7-5(11)3-4-6(12)8(7)10(14)16-2/h5,7-8,11H,3-4H2,1-2H3. The van der Waals surface area contributed by atoms with E-state index in [1.807, 2.05) is 0 Å². The van der Waals surface area contributed by atoms with E-state index in [0.29, 0.717) is 0 Å². The zero-order chi connectivity index (χ0) is 12.3. The number of Topliss-reactive ketones (excluding diaryl/α,β-unsaturated/α-hetero) is 1. The summed E-state index contributed by atoms with van der Waals surface area (Å²) < 4.78 is 8.93. The number of methoxy groups -OCH3 is 2. The molecule has 6 nitrogen and oxygen atoms in total. The van der Waals surface area contributed by atoms with Crippen LogP contribution in [0.3, 0.4) is 0 Å². The van der Waals surface area contributed by atoms with Gasteiger partial charge in [-0.2, -0.15) is 0 Å². The van der Waals surface area contributed by atoms with Gasteiger partial charge in [0.15, 0.2) is 0 Å². The maximum absolute atomic E-state index is 11.6. The normalized spacial score (nSPS) is 29.7. The number of esters is 2. The fourth-order valence-corrected chi connectivity index (χ4v) is 1.88. The number of hydrogen-bond donors (Lipinski definition) is 1. The largest absolute Gasteiger partial charge is 0.469 e. The molecular formula is C10H14O6. The average Bonchev–Trinajstić information content (AvgIpc) is 2.29. The lowest BCUT2D eigenvalue weighted by atomic mass is 9.76. The molecule has 0 radical (unpaired) electrons. The second-order valence-corrected chi connectivity index (χ2v) is 3.62. The highest BCUT2D eigenvalue weighted by molar-refractivity contribution is 6.03. The van der Waals surface area contributed by atoms with Crippen LogP contribution < -0.4 is 0 Å². The maximum atomic E-state index is 11.6. The van der Waals surface area contributed by atoms with Gasteiger partial charge >= 0.3 is 11.9 Å². The molecule has 90 valence electrons. The van der Waals surface area contributed by atoms with Crippen LogP contribution in [0.25, 0.3) is 0 Å². The Morgan fingerprint density at radius 1 is 1.25 bits per heavy atom. The Balaban J connectivity index is 2.99.